The van der Waals surface area contributed by atoms with Crippen molar-refractivity contribution >= 4 is 5.91 Å². The molecule has 14 heavy (non-hydrogen) atoms. The second-order valence-corrected chi connectivity index (χ2v) is 3.77. The first kappa shape index (κ1) is 13.4. The maximum atomic E-state index is 11.6. The lowest BCUT2D eigenvalue weighted by Gasteiger charge is -2.24. The van der Waals surface area contributed by atoms with E-state index in [-0.39, 0.29) is 12.5 Å². The van der Waals surface area contributed by atoms with E-state index in [1.54, 1.807) is 0 Å². The van der Waals surface area contributed by atoms with Crippen LogP contribution in [0.2, 0.25) is 0 Å². The minimum Gasteiger partial charge on any atom is -0.396 e. The Kier molecular flexibility index (Phi) is 7.48. The van der Waals surface area contributed by atoms with Crippen molar-refractivity contribution in [3.05, 3.63) is 0 Å². The largest absolute Gasteiger partial charge is 0.396 e. The highest BCUT2D eigenvalue weighted by molar-refractivity contribution is 5.76. The first-order valence-corrected chi connectivity index (χ1v) is 5.54. The Labute approximate surface area is 87.1 Å². The van der Waals surface area contributed by atoms with Crippen LogP contribution in [0.3, 0.4) is 0 Å². The van der Waals surface area contributed by atoms with Crippen LogP contribution in [0.4, 0.5) is 0 Å². The Morgan fingerprint density at radius 2 is 2.07 bits per heavy atom. The van der Waals surface area contributed by atoms with Crippen LogP contribution >= 0.6 is 0 Å². The van der Waals surface area contributed by atoms with Gasteiger partial charge in [0.2, 0.25) is 5.91 Å². The molecule has 0 aromatic rings. The number of carbonyl (C=O) groups is 1. The Bertz CT molecular complexity index is 159. The molecular formula is C11H23NO2. The monoisotopic (exact) mass is 201 g/mol. The second-order valence-electron chi connectivity index (χ2n) is 3.77. The molecule has 1 unspecified atom stereocenters. The van der Waals surface area contributed by atoms with Crippen LogP contribution in [0.5, 0.6) is 0 Å². The van der Waals surface area contributed by atoms with Gasteiger partial charge >= 0.3 is 0 Å². The minimum absolute atomic E-state index is 0.104. The molecule has 0 aliphatic rings. The van der Waals surface area contributed by atoms with Crippen molar-refractivity contribution in [2.75, 3.05) is 19.7 Å². The van der Waals surface area contributed by atoms with Gasteiger partial charge in [0.25, 0.3) is 0 Å². The van der Waals surface area contributed by atoms with E-state index in [4.69, 9.17) is 5.11 Å². The lowest BCUT2D eigenvalue weighted by Crippen LogP contribution is -2.34. The summed E-state index contributed by atoms with van der Waals surface area (Å²) in [5.41, 5.74) is 0. The van der Waals surface area contributed by atoms with E-state index >= 15 is 0 Å². The van der Waals surface area contributed by atoms with Gasteiger partial charge in [0.05, 0.1) is 0 Å². The zero-order valence-electron chi connectivity index (χ0n) is 9.62. The van der Waals surface area contributed by atoms with E-state index in [1.165, 1.54) is 0 Å². The maximum absolute atomic E-state index is 11.6. The molecule has 0 spiro atoms. The van der Waals surface area contributed by atoms with Gasteiger partial charge in [-0.2, -0.15) is 0 Å². The Morgan fingerprint density at radius 1 is 1.43 bits per heavy atom. The van der Waals surface area contributed by atoms with Gasteiger partial charge in [0, 0.05) is 26.1 Å². The van der Waals surface area contributed by atoms with Crippen LogP contribution in [0.1, 0.15) is 40.0 Å². The summed E-state index contributed by atoms with van der Waals surface area (Å²) in [6.07, 6.45) is 2.15. The molecule has 0 radical (unpaired) electrons. The lowest BCUT2D eigenvalue weighted by molar-refractivity contribution is -0.131. The predicted octanol–water partition coefficient (Wildman–Crippen LogP) is 1.65. The summed E-state index contributed by atoms with van der Waals surface area (Å²) < 4.78 is 0. The van der Waals surface area contributed by atoms with Gasteiger partial charge in [0.15, 0.2) is 0 Å². The molecule has 0 aromatic carbocycles. The molecule has 3 nitrogen and oxygen atoms in total. The van der Waals surface area contributed by atoms with Gasteiger partial charge in [-0.25, -0.2) is 0 Å². The number of hydrogen-bond donors (Lipinski definition) is 1. The summed E-state index contributed by atoms with van der Waals surface area (Å²) in [4.78, 5) is 13.5. The highest BCUT2D eigenvalue weighted by Gasteiger charge is 2.13. The summed E-state index contributed by atoms with van der Waals surface area (Å²) >= 11 is 0. The molecule has 1 atom stereocenters. The van der Waals surface area contributed by atoms with Crippen molar-refractivity contribution in [1.82, 2.24) is 4.90 Å². The van der Waals surface area contributed by atoms with Gasteiger partial charge in [-0.05, 0) is 19.3 Å². The van der Waals surface area contributed by atoms with E-state index in [9.17, 15) is 4.79 Å². The van der Waals surface area contributed by atoms with Crippen LogP contribution in [-0.4, -0.2) is 35.6 Å². The quantitative estimate of drug-likeness (QED) is 0.680. The van der Waals surface area contributed by atoms with Crippen molar-refractivity contribution in [3.8, 4) is 0 Å². The summed E-state index contributed by atoms with van der Waals surface area (Å²) in [6.45, 7) is 8.01. The first-order chi connectivity index (χ1) is 6.65. The highest BCUT2D eigenvalue weighted by atomic mass is 16.3. The van der Waals surface area contributed by atoms with Crippen molar-refractivity contribution in [1.29, 1.82) is 0 Å². The number of carbonyl (C=O) groups excluding carboxylic acids is 1. The fraction of sp³-hybridized carbons (Fsp3) is 0.909. The SMILES string of the molecule is CCC(C)CN(CC)C(=O)CCCO. The topological polar surface area (TPSA) is 40.5 Å². The van der Waals surface area contributed by atoms with Gasteiger partial charge in [0.1, 0.15) is 0 Å². The smallest absolute Gasteiger partial charge is 0.222 e. The summed E-state index contributed by atoms with van der Waals surface area (Å²) in [6, 6.07) is 0. The molecule has 0 fully saturated rings. The van der Waals surface area contributed by atoms with E-state index < -0.39 is 0 Å². The van der Waals surface area contributed by atoms with Gasteiger partial charge in [-0.3, -0.25) is 4.79 Å². The molecule has 3 heteroatoms. The van der Waals surface area contributed by atoms with Crippen molar-refractivity contribution in [3.63, 3.8) is 0 Å². The molecule has 0 bridgehead atoms. The number of hydrogen-bond acceptors (Lipinski definition) is 2. The van der Waals surface area contributed by atoms with Gasteiger partial charge in [-0.1, -0.05) is 20.3 Å². The molecule has 0 saturated heterocycles. The first-order valence-electron chi connectivity index (χ1n) is 5.54. The molecule has 1 N–H and O–H groups in total. The third-order valence-electron chi connectivity index (χ3n) is 2.51. The maximum Gasteiger partial charge on any atom is 0.222 e. The van der Waals surface area contributed by atoms with E-state index in [1.807, 2.05) is 11.8 Å². The fourth-order valence-corrected chi connectivity index (χ4v) is 1.30. The van der Waals surface area contributed by atoms with E-state index in [0.29, 0.717) is 18.8 Å². The second kappa shape index (κ2) is 7.80. The van der Waals surface area contributed by atoms with Crippen LogP contribution < -0.4 is 0 Å². The van der Waals surface area contributed by atoms with Gasteiger partial charge < -0.3 is 10.0 Å². The van der Waals surface area contributed by atoms with Crippen molar-refractivity contribution in [2.24, 2.45) is 5.92 Å². The average molecular weight is 201 g/mol. The third-order valence-corrected chi connectivity index (χ3v) is 2.51. The molecular weight excluding hydrogens is 178 g/mol. The van der Waals surface area contributed by atoms with E-state index in [0.717, 1.165) is 19.5 Å². The molecule has 0 aromatic heterocycles. The van der Waals surface area contributed by atoms with Crippen LogP contribution in [0, 0.1) is 5.92 Å². The lowest BCUT2D eigenvalue weighted by atomic mass is 10.1. The van der Waals surface area contributed by atoms with Crippen LogP contribution in [0.15, 0.2) is 0 Å². The fourth-order valence-electron chi connectivity index (χ4n) is 1.30. The Hall–Kier alpha value is -0.570. The minimum atomic E-state index is 0.104. The number of aliphatic hydroxyl groups is 1. The van der Waals surface area contributed by atoms with Crippen molar-refractivity contribution in [2.45, 2.75) is 40.0 Å². The Morgan fingerprint density at radius 3 is 2.50 bits per heavy atom. The molecule has 0 rings (SSSR count). The molecule has 0 saturated carbocycles. The zero-order valence-corrected chi connectivity index (χ0v) is 9.62. The molecule has 0 aliphatic carbocycles. The third kappa shape index (κ3) is 5.22. The standard InChI is InChI=1S/C11H23NO2/c1-4-10(3)9-12(5-2)11(14)7-6-8-13/h10,13H,4-9H2,1-3H3. The zero-order chi connectivity index (χ0) is 11.0. The highest BCUT2D eigenvalue weighted by Crippen LogP contribution is 2.06. The Balaban J connectivity index is 3.92. The van der Waals surface area contributed by atoms with Crippen LogP contribution in [-0.2, 0) is 4.79 Å². The normalized spacial score (nSPS) is 12.6. The van der Waals surface area contributed by atoms with Crippen molar-refractivity contribution < 1.29 is 9.90 Å². The number of rotatable bonds is 7. The number of nitrogens with zero attached hydrogens (tertiary/aromatic N) is 1. The summed E-state index contributed by atoms with van der Waals surface area (Å²) in [5.74, 6) is 0.731. The molecule has 84 valence electrons. The predicted molar refractivity (Wildman–Crippen MR) is 58.0 cm³/mol. The van der Waals surface area contributed by atoms with Gasteiger partial charge in [-0.15, -0.1) is 0 Å². The molecule has 0 aliphatic heterocycles. The molecule has 1 amide bonds. The molecule has 0 heterocycles. The van der Waals surface area contributed by atoms with Crippen LogP contribution in [0.25, 0.3) is 0 Å². The summed E-state index contributed by atoms with van der Waals surface area (Å²) in [5, 5.41) is 8.63. The van der Waals surface area contributed by atoms with E-state index in [2.05, 4.69) is 13.8 Å². The average Bonchev–Trinajstić information content (AvgIpc) is 2.21. The summed E-state index contributed by atoms with van der Waals surface area (Å²) in [7, 11) is 0. The number of amides is 1. The number of aliphatic hydroxyl groups excluding tert-OH is 1.